The topological polar surface area (TPSA) is 111 Å². The molecule has 0 bridgehead atoms. The Labute approximate surface area is 180 Å². The molecule has 2 heterocycles. The van der Waals surface area contributed by atoms with E-state index in [2.05, 4.69) is 0 Å². The summed E-state index contributed by atoms with van der Waals surface area (Å²) in [6.07, 6.45) is -0.252. The summed E-state index contributed by atoms with van der Waals surface area (Å²) in [7, 11) is -1.80. The van der Waals surface area contributed by atoms with Crippen molar-refractivity contribution in [3.8, 4) is 0 Å². The molecule has 0 aliphatic carbocycles. The quantitative estimate of drug-likeness (QED) is 0.391. The van der Waals surface area contributed by atoms with Gasteiger partial charge in [-0.05, 0) is 37.4 Å². The molecule has 2 aliphatic heterocycles. The molecular weight excluding hydrogens is 421 g/mol. The molecular formula is C21H26N3O6P. The Balaban J connectivity index is 1.60. The number of carbonyl (C=O) groups excluding carboxylic acids is 2. The van der Waals surface area contributed by atoms with Crippen LogP contribution < -0.4 is 5.73 Å². The van der Waals surface area contributed by atoms with Crippen molar-refractivity contribution in [2.75, 3.05) is 32.5 Å². The van der Waals surface area contributed by atoms with Gasteiger partial charge in [0, 0.05) is 30.1 Å². The van der Waals surface area contributed by atoms with E-state index >= 15 is 0 Å². The van der Waals surface area contributed by atoms with E-state index in [4.69, 9.17) is 19.6 Å². The number of nitrogens with zero attached hydrogens (tertiary/aromatic N) is 2. The summed E-state index contributed by atoms with van der Waals surface area (Å²) in [6.45, 7) is 3.97. The van der Waals surface area contributed by atoms with Gasteiger partial charge in [0.25, 0.3) is 11.8 Å². The minimum Gasteiger partial charge on any atom is -0.399 e. The summed E-state index contributed by atoms with van der Waals surface area (Å²) in [5, 5.41) is 2.81. The number of rotatable bonds is 7. The van der Waals surface area contributed by atoms with Gasteiger partial charge in [-0.2, -0.15) is 5.06 Å². The molecule has 4 rings (SSSR count). The summed E-state index contributed by atoms with van der Waals surface area (Å²) < 4.78 is 24.1. The lowest BCUT2D eigenvalue weighted by Crippen LogP contribution is -2.44. The van der Waals surface area contributed by atoms with Gasteiger partial charge < -0.3 is 14.8 Å². The molecule has 0 spiro atoms. The molecule has 1 fully saturated rings. The Hall–Kier alpha value is -2.29. The lowest BCUT2D eigenvalue weighted by Gasteiger charge is -2.29. The minimum absolute atomic E-state index is 0.0153. The second-order valence-corrected chi connectivity index (χ2v) is 9.75. The van der Waals surface area contributed by atoms with E-state index < -0.39 is 25.4 Å². The van der Waals surface area contributed by atoms with Gasteiger partial charge in [0.2, 0.25) is 0 Å². The molecule has 2 atom stereocenters. The lowest BCUT2D eigenvalue weighted by molar-refractivity contribution is -0.137. The third-order valence-electron chi connectivity index (χ3n) is 5.53. The summed E-state index contributed by atoms with van der Waals surface area (Å²) >= 11 is 0. The fourth-order valence-corrected chi connectivity index (χ4v) is 6.37. The number of carbonyl (C=O) groups is 2. The van der Waals surface area contributed by atoms with Crippen LogP contribution in [0, 0.1) is 0 Å². The Kier molecular flexibility index (Phi) is 5.89. The van der Waals surface area contributed by atoms with Gasteiger partial charge in [0.05, 0.1) is 31.4 Å². The van der Waals surface area contributed by atoms with Crippen LogP contribution in [-0.2, 0) is 18.5 Å². The number of benzene rings is 2. The molecule has 2 amide bonds. The largest absolute Gasteiger partial charge is 0.399 e. The number of nitrogens with two attached hydrogens (primary N) is 1. The van der Waals surface area contributed by atoms with E-state index in [1.54, 1.807) is 45.2 Å². The van der Waals surface area contributed by atoms with Gasteiger partial charge in [-0.25, -0.2) is 0 Å². The predicted molar refractivity (Wildman–Crippen MR) is 116 cm³/mol. The summed E-state index contributed by atoms with van der Waals surface area (Å²) in [5.41, 5.74) is 7.27. The molecule has 0 unspecified atom stereocenters. The van der Waals surface area contributed by atoms with Crippen LogP contribution in [0.4, 0.5) is 5.69 Å². The molecule has 0 aromatic heterocycles. The molecule has 0 radical (unpaired) electrons. The zero-order valence-electron chi connectivity index (χ0n) is 17.7. The van der Waals surface area contributed by atoms with Crippen molar-refractivity contribution in [1.82, 2.24) is 9.96 Å². The Morgan fingerprint density at radius 3 is 2.48 bits per heavy atom. The van der Waals surface area contributed by atoms with Gasteiger partial charge in [0.1, 0.15) is 5.78 Å². The maximum absolute atomic E-state index is 13.2. The first-order valence-electron chi connectivity index (χ1n) is 10.3. The predicted octanol–water partition coefficient (Wildman–Crippen LogP) is 3.25. The summed E-state index contributed by atoms with van der Waals surface area (Å²) in [5.74, 6) is -1.44. The molecule has 0 saturated carbocycles. The zero-order valence-corrected chi connectivity index (χ0v) is 18.6. The highest BCUT2D eigenvalue weighted by molar-refractivity contribution is 7.54. The number of anilines is 1. The molecule has 2 aliphatic rings. The van der Waals surface area contributed by atoms with Crippen molar-refractivity contribution in [3.63, 3.8) is 0 Å². The molecule has 2 aromatic carbocycles. The maximum atomic E-state index is 13.2. The van der Waals surface area contributed by atoms with E-state index in [-0.39, 0.29) is 25.7 Å². The highest BCUT2D eigenvalue weighted by atomic mass is 31.2. The molecule has 10 heteroatoms. The highest BCUT2D eigenvalue weighted by Gasteiger charge is 2.47. The highest BCUT2D eigenvalue weighted by Crippen LogP contribution is 2.57. The maximum Gasteiger partial charge on any atom is 0.350 e. The molecule has 9 nitrogen and oxygen atoms in total. The van der Waals surface area contributed by atoms with E-state index in [0.29, 0.717) is 28.6 Å². The first-order valence-corrected chi connectivity index (χ1v) is 11.9. The van der Waals surface area contributed by atoms with Crippen LogP contribution in [0.3, 0.4) is 0 Å². The van der Waals surface area contributed by atoms with Crippen LogP contribution in [0.25, 0.3) is 10.8 Å². The van der Waals surface area contributed by atoms with E-state index in [9.17, 15) is 14.2 Å². The number of imide groups is 1. The van der Waals surface area contributed by atoms with Crippen LogP contribution in [0.15, 0.2) is 30.3 Å². The van der Waals surface area contributed by atoms with Crippen LogP contribution in [0.5, 0.6) is 0 Å². The summed E-state index contributed by atoms with van der Waals surface area (Å²) in [4.78, 5) is 33.3. The molecule has 1 saturated heterocycles. The van der Waals surface area contributed by atoms with Crippen LogP contribution in [0.2, 0.25) is 0 Å². The average molecular weight is 447 g/mol. The van der Waals surface area contributed by atoms with Crippen molar-refractivity contribution in [2.24, 2.45) is 0 Å². The average Bonchev–Trinajstić information content (AvgIpc) is 3.10. The zero-order chi connectivity index (χ0) is 22.3. The number of nitrogen functional groups attached to an aromatic ring is 1. The molecule has 166 valence electrons. The van der Waals surface area contributed by atoms with Crippen molar-refractivity contribution in [3.05, 3.63) is 41.5 Å². The van der Waals surface area contributed by atoms with Crippen molar-refractivity contribution >= 4 is 35.9 Å². The van der Waals surface area contributed by atoms with Crippen molar-refractivity contribution in [2.45, 2.75) is 32.2 Å². The third kappa shape index (κ3) is 3.77. The van der Waals surface area contributed by atoms with E-state index in [1.807, 2.05) is 6.07 Å². The fourth-order valence-electron chi connectivity index (χ4n) is 4.29. The Morgan fingerprint density at radius 1 is 1.13 bits per heavy atom. The lowest BCUT2D eigenvalue weighted by atomic mass is 9.93. The van der Waals surface area contributed by atoms with Gasteiger partial charge in [0.15, 0.2) is 0 Å². The normalized spacial score (nSPS) is 22.0. The number of amides is 2. The first kappa shape index (κ1) is 21.9. The van der Waals surface area contributed by atoms with Gasteiger partial charge in [-0.3, -0.25) is 23.9 Å². The number of hydrogen-bond acceptors (Lipinski definition) is 8. The Morgan fingerprint density at radius 2 is 1.81 bits per heavy atom. The van der Waals surface area contributed by atoms with E-state index in [1.165, 1.54) is 9.96 Å². The monoisotopic (exact) mass is 447 g/mol. The number of hydrogen-bond donors (Lipinski definition) is 1. The van der Waals surface area contributed by atoms with E-state index in [0.717, 1.165) is 5.39 Å². The Bertz CT molecular complexity index is 1080. The second kappa shape index (κ2) is 8.33. The SMILES string of the molecule is CCOP(=O)(OCC)[C@@H]1C[C@H](CN2C(=O)c3cccc4cc(N)cc(c34)C2=O)ON1C. The van der Waals surface area contributed by atoms with Crippen molar-refractivity contribution in [1.29, 1.82) is 0 Å². The molecule has 31 heavy (non-hydrogen) atoms. The minimum atomic E-state index is -3.44. The van der Waals surface area contributed by atoms with Crippen LogP contribution in [-0.4, -0.2) is 60.5 Å². The smallest absolute Gasteiger partial charge is 0.350 e. The fraction of sp³-hybridized carbons (Fsp3) is 0.429. The summed E-state index contributed by atoms with van der Waals surface area (Å²) in [6, 6.07) is 8.64. The van der Waals surface area contributed by atoms with Crippen molar-refractivity contribution < 1.29 is 28.0 Å². The second-order valence-electron chi connectivity index (χ2n) is 7.56. The molecule has 2 N–H and O–H groups in total. The van der Waals surface area contributed by atoms with Gasteiger partial charge >= 0.3 is 7.60 Å². The van der Waals surface area contributed by atoms with Gasteiger partial charge in [-0.1, -0.05) is 12.1 Å². The van der Waals surface area contributed by atoms with Gasteiger partial charge in [-0.15, -0.1) is 0 Å². The van der Waals surface area contributed by atoms with Crippen LogP contribution in [0.1, 0.15) is 41.0 Å². The first-order chi connectivity index (χ1) is 14.8. The standard InChI is InChI=1S/C21H26N3O6P/c1-4-28-31(27,29-5-2)18-11-15(30-23(18)3)12-24-20(25)16-8-6-7-13-9-14(22)10-17(19(13)16)21(24)26/h6-10,15,18H,4-5,11-12,22H2,1-3H3/t15-,18-/m1/s1. The molecule has 2 aromatic rings. The number of hydroxylamine groups is 2. The third-order valence-corrected chi connectivity index (χ3v) is 8.03. The van der Waals surface area contributed by atoms with Crippen LogP contribution >= 0.6 is 7.60 Å².